The van der Waals surface area contributed by atoms with E-state index < -0.39 is 15.6 Å². The van der Waals surface area contributed by atoms with Gasteiger partial charge in [-0.2, -0.15) is 10.4 Å². The van der Waals surface area contributed by atoms with Gasteiger partial charge < -0.3 is 14.4 Å². The molecule has 0 aliphatic heterocycles. The molecule has 0 fully saturated rings. The van der Waals surface area contributed by atoms with Crippen molar-refractivity contribution in [1.29, 1.82) is 5.26 Å². The highest BCUT2D eigenvalue weighted by Gasteiger charge is 2.21. The van der Waals surface area contributed by atoms with E-state index in [1.54, 1.807) is 24.7 Å². The van der Waals surface area contributed by atoms with Crippen LogP contribution in [0.3, 0.4) is 0 Å². The van der Waals surface area contributed by atoms with Crippen LogP contribution in [0.2, 0.25) is 0 Å². The molecule has 0 unspecified atom stereocenters. The SMILES string of the molecule is CC(C)(O)Cn1cc(-c2cn(COCCS(C)(C)C)nc2C#N)c2cc(Br)ncc21. The number of fused-ring (bicyclic) bond motifs is 1. The van der Waals surface area contributed by atoms with Gasteiger partial charge in [-0.25, -0.2) is 19.7 Å². The number of nitriles is 1. The summed E-state index contributed by atoms with van der Waals surface area (Å²) >= 11 is 3.44. The monoisotopic (exact) mass is 493 g/mol. The van der Waals surface area contributed by atoms with E-state index >= 15 is 0 Å². The first-order valence-electron chi connectivity index (χ1n) is 9.55. The molecule has 30 heavy (non-hydrogen) atoms. The first-order valence-corrected chi connectivity index (χ1v) is 13.4. The number of rotatable bonds is 8. The Balaban J connectivity index is 1.96. The molecule has 3 rings (SSSR count). The maximum atomic E-state index is 10.3. The lowest BCUT2D eigenvalue weighted by molar-refractivity contribution is 0.0628. The van der Waals surface area contributed by atoms with Crippen LogP contribution in [-0.2, 0) is 18.0 Å². The van der Waals surface area contributed by atoms with Crippen molar-refractivity contribution in [1.82, 2.24) is 19.3 Å². The number of hydrogen-bond acceptors (Lipinski definition) is 5. The van der Waals surface area contributed by atoms with Gasteiger partial charge in [0, 0.05) is 34.7 Å². The van der Waals surface area contributed by atoms with E-state index in [0.29, 0.717) is 30.2 Å². The van der Waals surface area contributed by atoms with Crippen molar-refractivity contribution in [2.75, 3.05) is 31.1 Å². The van der Waals surface area contributed by atoms with Gasteiger partial charge in [-0.05, 0) is 54.6 Å². The predicted molar refractivity (Wildman–Crippen MR) is 126 cm³/mol. The van der Waals surface area contributed by atoms with Crippen LogP contribution in [0.25, 0.3) is 22.0 Å². The third-order valence-corrected chi connectivity index (χ3v) is 6.34. The zero-order chi connectivity index (χ0) is 22.1. The molecule has 3 aromatic rings. The average Bonchev–Trinajstić information content (AvgIpc) is 3.17. The van der Waals surface area contributed by atoms with Gasteiger partial charge in [-0.3, -0.25) is 0 Å². The van der Waals surface area contributed by atoms with Gasteiger partial charge in [0.05, 0.1) is 30.5 Å². The number of nitrogens with zero attached hydrogens (tertiary/aromatic N) is 5. The molecule has 3 aromatic heterocycles. The van der Waals surface area contributed by atoms with E-state index in [1.807, 2.05) is 23.0 Å². The third kappa shape index (κ3) is 5.64. The van der Waals surface area contributed by atoms with Crippen molar-refractivity contribution in [3.63, 3.8) is 0 Å². The van der Waals surface area contributed by atoms with Gasteiger partial charge >= 0.3 is 0 Å². The fourth-order valence-corrected chi connectivity index (χ4v) is 4.11. The molecular weight excluding hydrogens is 466 g/mol. The second kappa shape index (κ2) is 8.71. The zero-order valence-corrected chi connectivity index (χ0v) is 20.4. The second-order valence-corrected chi connectivity index (χ2v) is 14.3. The number of aliphatic hydroxyl groups is 1. The van der Waals surface area contributed by atoms with Crippen molar-refractivity contribution >= 4 is 36.9 Å². The van der Waals surface area contributed by atoms with E-state index in [9.17, 15) is 10.4 Å². The van der Waals surface area contributed by atoms with Crippen LogP contribution in [0.15, 0.2) is 29.3 Å². The average molecular weight is 494 g/mol. The highest BCUT2D eigenvalue weighted by Crippen LogP contribution is 2.35. The first-order chi connectivity index (χ1) is 14.0. The van der Waals surface area contributed by atoms with Gasteiger partial charge in [0.2, 0.25) is 0 Å². The van der Waals surface area contributed by atoms with E-state index in [0.717, 1.165) is 27.8 Å². The molecular formula is C21H28BrN5O2S. The van der Waals surface area contributed by atoms with Crippen molar-refractivity contribution < 1.29 is 9.84 Å². The first kappa shape index (κ1) is 22.8. The normalized spacial score (nSPS) is 13.0. The van der Waals surface area contributed by atoms with Gasteiger partial charge in [0.1, 0.15) is 17.4 Å². The number of aromatic nitrogens is 4. The minimum absolute atomic E-state index is 0.303. The van der Waals surface area contributed by atoms with Crippen LogP contribution in [-0.4, -0.2) is 61.2 Å². The summed E-state index contributed by atoms with van der Waals surface area (Å²) in [6, 6.07) is 4.12. The van der Waals surface area contributed by atoms with Crippen LogP contribution in [0.5, 0.6) is 0 Å². The molecule has 162 valence electrons. The van der Waals surface area contributed by atoms with Crippen molar-refractivity contribution in [3.05, 3.63) is 35.0 Å². The highest BCUT2D eigenvalue weighted by molar-refractivity contribution is 9.10. The van der Waals surface area contributed by atoms with Gasteiger partial charge in [0.25, 0.3) is 0 Å². The number of halogens is 1. The Kier molecular flexibility index (Phi) is 6.63. The lowest BCUT2D eigenvalue weighted by Crippen LogP contribution is -2.25. The lowest BCUT2D eigenvalue weighted by Gasteiger charge is -2.24. The minimum Gasteiger partial charge on any atom is -0.389 e. The summed E-state index contributed by atoms with van der Waals surface area (Å²) in [5.74, 6) is 1.03. The smallest absolute Gasteiger partial charge is 0.170 e. The zero-order valence-electron chi connectivity index (χ0n) is 18.0. The molecule has 0 atom stereocenters. The summed E-state index contributed by atoms with van der Waals surface area (Å²) in [5, 5.41) is 25.3. The molecule has 0 amide bonds. The molecule has 0 saturated heterocycles. The molecule has 7 nitrogen and oxygen atoms in total. The molecule has 9 heteroatoms. The molecule has 0 radical (unpaired) electrons. The number of pyridine rings is 1. The Morgan fingerprint density at radius 3 is 2.63 bits per heavy atom. The van der Waals surface area contributed by atoms with E-state index in [4.69, 9.17) is 4.74 Å². The Morgan fingerprint density at radius 1 is 1.27 bits per heavy atom. The fourth-order valence-electron chi connectivity index (χ4n) is 3.16. The van der Waals surface area contributed by atoms with Gasteiger partial charge in [-0.15, -0.1) is 0 Å². The van der Waals surface area contributed by atoms with E-state index in [1.165, 1.54) is 0 Å². The van der Waals surface area contributed by atoms with E-state index in [2.05, 4.69) is 50.8 Å². The molecule has 0 aliphatic carbocycles. The van der Waals surface area contributed by atoms with Crippen molar-refractivity contribution in [2.24, 2.45) is 0 Å². The fraction of sp³-hybridized carbons (Fsp3) is 0.476. The summed E-state index contributed by atoms with van der Waals surface area (Å²) in [6.45, 7) is 4.90. The molecule has 0 saturated carbocycles. The Hall–Kier alpha value is -1.86. The second-order valence-electron chi connectivity index (χ2n) is 8.88. The maximum Gasteiger partial charge on any atom is 0.170 e. The predicted octanol–water partition coefficient (Wildman–Crippen LogP) is 3.97. The summed E-state index contributed by atoms with van der Waals surface area (Å²) in [4.78, 5) is 4.33. The topological polar surface area (TPSA) is 88.9 Å². The van der Waals surface area contributed by atoms with Crippen LogP contribution < -0.4 is 0 Å². The van der Waals surface area contributed by atoms with Crippen LogP contribution in [0.4, 0.5) is 0 Å². The summed E-state index contributed by atoms with van der Waals surface area (Å²) in [7, 11) is -0.610. The molecule has 0 aromatic carbocycles. The standard InChI is InChI=1S/C21H28BrN5O2S/c1-21(2,28)13-26-11-16(15-8-20(22)24-10-19(15)26)17-12-27(25-18(17)9-23)14-29-6-7-30(3,4)5/h8,10-12,28H,6-7,13-14H2,1-5H3. The molecule has 1 N–H and O–H groups in total. The van der Waals surface area contributed by atoms with E-state index in [-0.39, 0.29) is 0 Å². The van der Waals surface area contributed by atoms with Gasteiger partial charge in [-0.1, -0.05) is 0 Å². The number of hydrogen-bond donors (Lipinski definition) is 1. The molecule has 0 bridgehead atoms. The Labute approximate surface area is 187 Å². The van der Waals surface area contributed by atoms with Crippen LogP contribution in [0, 0.1) is 11.3 Å². The summed E-state index contributed by atoms with van der Waals surface area (Å²) in [5.41, 5.74) is 1.95. The summed E-state index contributed by atoms with van der Waals surface area (Å²) in [6.07, 6.45) is 12.3. The quantitative estimate of drug-likeness (QED) is 0.378. The number of ether oxygens (including phenoxy) is 1. The van der Waals surface area contributed by atoms with Crippen molar-refractivity contribution in [3.8, 4) is 17.2 Å². The van der Waals surface area contributed by atoms with Crippen molar-refractivity contribution in [2.45, 2.75) is 32.7 Å². The molecule has 0 spiro atoms. The third-order valence-electron chi connectivity index (χ3n) is 4.51. The Morgan fingerprint density at radius 2 is 2.00 bits per heavy atom. The largest absolute Gasteiger partial charge is 0.389 e. The van der Waals surface area contributed by atoms with Crippen LogP contribution >= 0.6 is 26.0 Å². The molecule has 3 heterocycles. The minimum atomic E-state index is -0.887. The highest BCUT2D eigenvalue weighted by atomic mass is 79.9. The van der Waals surface area contributed by atoms with Crippen LogP contribution in [0.1, 0.15) is 19.5 Å². The lowest BCUT2D eigenvalue weighted by atomic mass is 10.1. The summed E-state index contributed by atoms with van der Waals surface area (Å²) < 4.78 is 10.1. The molecule has 0 aliphatic rings. The Bertz CT molecular complexity index is 1090. The van der Waals surface area contributed by atoms with Gasteiger partial charge in [0.15, 0.2) is 5.69 Å². The maximum absolute atomic E-state index is 10.3.